The van der Waals surface area contributed by atoms with Gasteiger partial charge in [-0.2, -0.15) is 5.10 Å². The molecule has 8 heteroatoms. The summed E-state index contributed by atoms with van der Waals surface area (Å²) in [7, 11) is -3.32. The number of pyridine rings is 1. The lowest BCUT2D eigenvalue weighted by atomic mass is 10.1. The number of carbonyl (C=O) groups is 1. The second-order valence-electron chi connectivity index (χ2n) is 5.39. The number of amides is 1. The summed E-state index contributed by atoms with van der Waals surface area (Å²) < 4.78 is 23.5. The molecule has 1 fully saturated rings. The molecule has 0 aliphatic carbocycles. The van der Waals surface area contributed by atoms with E-state index in [-0.39, 0.29) is 16.7 Å². The maximum Gasteiger partial charge on any atom is 0.253 e. The lowest BCUT2D eigenvalue weighted by molar-refractivity contribution is 0.0790. The molecule has 2 aromatic heterocycles. The first-order chi connectivity index (χ1) is 10.5. The summed E-state index contributed by atoms with van der Waals surface area (Å²) in [6.45, 7) is 1.07. The largest absolute Gasteiger partial charge is 0.338 e. The fourth-order valence-corrected chi connectivity index (χ4v) is 3.59. The molecule has 1 saturated heterocycles. The second kappa shape index (κ2) is 5.53. The van der Waals surface area contributed by atoms with Gasteiger partial charge in [-0.1, -0.05) is 0 Å². The van der Waals surface area contributed by atoms with E-state index in [1.807, 2.05) is 0 Å². The third kappa shape index (κ3) is 2.74. The fourth-order valence-electron chi connectivity index (χ4n) is 2.73. The zero-order chi connectivity index (χ0) is 15.7. The summed E-state index contributed by atoms with van der Waals surface area (Å²) in [4.78, 5) is 18.2. The number of aromatic amines is 1. The van der Waals surface area contributed by atoms with Gasteiger partial charge in [-0.15, -0.1) is 0 Å². The van der Waals surface area contributed by atoms with Crippen LogP contribution in [0.15, 0.2) is 35.6 Å². The Morgan fingerprint density at radius 3 is 2.77 bits per heavy atom. The molecule has 0 bridgehead atoms. The van der Waals surface area contributed by atoms with Crippen LogP contribution in [0.5, 0.6) is 0 Å². The molecule has 3 rings (SSSR count). The van der Waals surface area contributed by atoms with Crippen LogP contribution in [-0.2, 0) is 9.84 Å². The van der Waals surface area contributed by atoms with Gasteiger partial charge in [0, 0.05) is 43.2 Å². The molecule has 0 unspecified atom stereocenters. The maximum atomic E-state index is 12.4. The zero-order valence-corrected chi connectivity index (χ0v) is 12.9. The van der Waals surface area contributed by atoms with E-state index in [0.717, 1.165) is 6.26 Å². The minimum absolute atomic E-state index is 0.0435. The quantitative estimate of drug-likeness (QED) is 0.904. The van der Waals surface area contributed by atoms with Crippen LogP contribution in [0, 0.1) is 0 Å². The first kappa shape index (κ1) is 14.7. The third-order valence-electron chi connectivity index (χ3n) is 3.84. The van der Waals surface area contributed by atoms with Crippen molar-refractivity contribution >= 4 is 15.7 Å². The normalized spacial score (nSPS) is 18.6. The molecule has 1 N–H and O–H groups in total. The Hall–Kier alpha value is -2.22. The summed E-state index contributed by atoms with van der Waals surface area (Å²) in [5.41, 5.74) is 1.18. The van der Waals surface area contributed by atoms with Crippen molar-refractivity contribution < 1.29 is 13.2 Å². The molecule has 7 nitrogen and oxygen atoms in total. The van der Waals surface area contributed by atoms with Crippen LogP contribution in [0.1, 0.15) is 28.4 Å². The van der Waals surface area contributed by atoms with E-state index in [0.29, 0.717) is 30.8 Å². The minimum atomic E-state index is -3.32. The van der Waals surface area contributed by atoms with E-state index in [1.165, 1.54) is 6.20 Å². The molecule has 1 amide bonds. The van der Waals surface area contributed by atoms with E-state index >= 15 is 0 Å². The predicted molar refractivity (Wildman–Crippen MR) is 79.2 cm³/mol. The van der Waals surface area contributed by atoms with E-state index in [2.05, 4.69) is 15.2 Å². The van der Waals surface area contributed by atoms with Crippen molar-refractivity contribution in [3.8, 4) is 0 Å². The van der Waals surface area contributed by atoms with Crippen molar-refractivity contribution in [3.05, 3.63) is 42.0 Å². The summed E-state index contributed by atoms with van der Waals surface area (Å²) in [5, 5.41) is 6.62. The average molecular weight is 320 g/mol. The number of hydrogen-bond acceptors (Lipinski definition) is 5. The van der Waals surface area contributed by atoms with Crippen LogP contribution in [0.2, 0.25) is 0 Å². The highest BCUT2D eigenvalue weighted by atomic mass is 32.2. The van der Waals surface area contributed by atoms with Crippen molar-refractivity contribution in [2.75, 3.05) is 19.3 Å². The summed E-state index contributed by atoms with van der Waals surface area (Å²) in [6.07, 6.45) is 6.37. The number of rotatable bonds is 3. The van der Waals surface area contributed by atoms with Crippen LogP contribution < -0.4 is 0 Å². The number of nitrogens with zero attached hydrogens (tertiary/aromatic N) is 3. The molecule has 116 valence electrons. The Morgan fingerprint density at radius 2 is 2.09 bits per heavy atom. The second-order valence-corrected chi connectivity index (χ2v) is 7.38. The van der Waals surface area contributed by atoms with Crippen LogP contribution in [-0.4, -0.2) is 53.8 Å². The molecular formula is C14H16N4O3S. The molecule has 3 heterocycles. The highest BCUT2D eigenvalue weighted by Gasteiger charge is 2.32. The number of carbonyl (C=O) groups excluding carboxylic acids is 1. The number of likely N-dealkylation sites (tertiary alicyclic amines) is 1. The van der Waals surface area contributed by atoms with Crippen LogP contribution in [0.25, 0.3) is 0 Å². The lowest BCUT2D eigenvalue weighted by Crippen LogP contribution is -2.28. The monoisotopic (exact) mass is 320 g/mol. The van der Waals surface area contributed by atoms with Gasteiger partial charge in [-0.05, 0) is 18.6 Å². The van der Waals surface area contributed by atoms with Crippen molar-refractivity contribution in [1.82, 2.24) is 20.1 Å². The topological polar surface area (TPSA) is 96.0 Å². The summed E-state index contributed by atoms with van der Waals surface area (Å²) >= 11 is 0. The van der Waals surface area contributed by atoms with Crippen molar-refractivity contribution in [2.24, 2.45) is 0 Å². The number of nitrogens with one attached hydrogen (secondary N) is 1. The Labute approximate surface area is 128 Å². The SMILES string of the molecule is CS(=O)(=O)c1cn[nH]c1[C@H]1CCN(C(=O)c2ccncc2)C1. The molecule has 1 aliphatic rings. The van der Waals surface area contributed by atoms with Crippen molar-refractivity contribution in [2.45, 2.75) is 17.2 Å². The third-order valence-corrected chi connectivity index (χ3v) is 4.97. The van der Waals surface area contributed by atoms with Gasteiger partial charge in [0.2, 0.25) is 0 Å². The highest BCUT2D eigenvalue weighted by Crippen LogP contribution is 2.30. The fraction of sp³-hybridized carbons (Fsp3) is 0.357. The zero-order valence-electron chi connectivity index (χ0n) is 12.1. The van der Waals surface area contributed by atoms with Gasteiger partial charge in [0.15, 0.2) is 9.84 Å². The summed E-state index contributed by atoms with van der Waals surface area (Å²) in [6, 6.07) is 3.35. The van der Waals surface area contributed by atoms with Gasteiger partial charge in [-0.3, -0.25) is 14.9 Å². The number of sulfone groups is 1. The smallest absolute Gasteiger partial charge is 0.253 e. The molecule has 1 atom stereocenters. The van der Waals surface area contributed by atoms with Gasteiger partial charge >= 0.3 is 0 Å². The van der Waals surface area contributed by atoms with E-state index in [9.17, 15) is 13.2 Å². The molecule has 2 aromatic rings. The van der Waals surface area contributed by atoms with Gasteiger partial charge in [0.25, 0.3) is 5.91 Å². The number of hydrogen-bond donors (Lipinski definition) is 1. The Balaban J connectivity index is 1.79. The Morgan fingerprint density at radius 1 is 1.36 bits per heavy atom. The molecule has 22 heavy (non-hydrogen) atoms. The van der Waals surface area contributed by atoms with Crippen LogP contribution >= 0.6 is 0 Å². The predicted octanol–water partition coefficient (Wildman–Crippen LogP) is 0.838. The van der Waals surface area contributed by atoms with Gasteiger partial charge in [-0.25, -0.2) is 8.42 Å². The Bertz CT molecular complexity index is 785. The molecular weight excluding hydrogens is 304 g/mol. The van der Waals surface area contributed by atoms with Crippen molar-refractivity contribution in [1.29, 1.82) is 0 Å². The van der Waals surface area contributed by atoms with Crippen LogP contribution in [0.3, 0.4) is 0 Å². The molecule has 0 aromatic carbocycles. The van der Waals surface area contributed by atoms with Gasteiger partial charge < -0.3 is 4.90 Å². The van der Waals surface area contributed by atoms with E-state index in [1.54, 1.807) is 29.4 Å². The number of aromatic nitrogens is 3. The van der Waals surface area contributed by atoms with Crippen LogP contribution in [0.4, 0.5) is 0 Å². The van der Waals surface area contributed by atoms with Gasteiger partial charge in [0.05, 0.1) is 11.9 Å². The molecule has 0 saturated carbocycles. The summed E-state index contributed by atoms with van der Waals surface area (Å²) in [5.74, 6) is -0.108. The van der Waals surface area contributed by atoms with E-state index < -0.39 is 9.84 Å². The number of H-pyrrole nitrogens is 1. The molecule has 0 radical (unpaired) electrons. The standard InChI is InChI=1S/C14H16N4O3S/c1-22(20,21)12-8-16-17-13(12)11-4-7-18(9-11)14(19)10-2-5-15-6-3-10/h2-3,5-6,8,11H,4,7,9H2,1H3,(H,16,17)/t11-/m0/s1. The first-order valence-electron chi connectivity index (χ1n) is 6.89. The molecule has 1 aliphatic heterocycles. The van der Waals surface area contributed by atoms with Crippen molar-refractivity contribution in [3.63, 3.8) is 0 Å². The minimum Gasteiger partial charge on any atom is -0.338 e. The highest BCUT2D eigenvalue weighted by molar-refractivity contribution is 7.90. The first-order valence-corrected chi connectivity index (χ1v) is 8.78. The maximum absolute atomic E-state index is 12.4. The molecule has 0 spiro atoms. The van der Waals surface area contributed by atoms with E-state index in [4.69, 9.17) is 0 Å². The lowest BCUT2D eigenvalue weighted by Gasteiger charge is -2.16. The van der Waals surface area contributed by atoms with Gasteiger partial charge in [0.1, 0.15) is 4.90 Å². The average Bonchev–Trinajstić information content (AvgIpc) is 3.15. The Kier molecular flexibility index (Phi) is 3.69.